The van der Waals surface area contributed by atoms with Gasteiger partial charge in [-0.2, -0.15) is 5.10 Å². The van der Waals surface area contributed by atoms with Gasteiger partial charge in [-0.3, -0.25) is 4.68 Å². The molecule has 0 saturated heterocycles. The summed E-state index contributed by atoms with van der Waals surface area (Å²) in [6.07, 6.45) is 1.78. The summed E-state index contributed by atoms with van der Waals surface area (Å²) in [6.45, 7) is 4.18. The van der Waals surface area contributed by atoms with Crippen molar-refractivity contribution in [2.45, 2.75) is 29.8 Å². The fraction of sp³-hybridized carbons (Fsp3) is 0.333. The molecule has 0 aromatic carbocycles. The van der Waals surface area contributed by atoms with E-state index in [0.29, 0.717) is 5.92 Å². The van der Waals surface area contributed by atoms with Crippen LogP contribution in [-0.2, 0) is 7.05 Å². The maximum absolute atomic E-state index is 6.12. The molecular formula is C12H16N4S. The predicted octanol–water partition coefficient (Wildman–Crippen LogP) is 2.67. The topological polar surface area (TPSA) is 56.7 Å². The minimum Gasteiger partial charge on any atom is -0.395 e. The van der Waals surface area contributed by atoms with E-state index in [4.69, 9.17) is 5.73 Å². The van der Waals surface area contributed by atoms with Crippen LogP contribution in [0.3, 0.4) is 0 Å². The number of anilines is 1. The third-order valence-electron chi connectivity index (χ3n) is 2.44. The van der Waals surface area contributed by atoms with Crippen LogP contribution in [0.25, 0.3) is 0 Å². The van der Waals surface area contributed by atoms with Crippen LogP contribution >= 0.6 is 11.8 Å². The first kappa shape index (κ1) is 12.0. The largest absolute Gasteiger partial charge is 0.395 e. The molecule has 0 unspecified atom stereocenters. The van der Waals surface area contributed by atoms with Crippen molar-refractivity contribution in [2.24, 2.45) is 7.05 Å². The van der Waals surface area contributed by atoms with Crippen molar-refractivity contribution < 1.29 is 0 Å². The van der Waals surface area contributed by atoms with Gasteiger partial charge in [-0.05, 0) is 29.8 Å². The lowest BCUT2D eigenvalue weighted by Gasteiger charge is -2.02. The zero-order valence-corrected chi connectivity index (χ0v) is 11.0. The molecule has 2 heterocycles. The van der Waals surface area contributed by atoms with Crippen LogP contribution in [0, 0.1) is 0 Å². The summed E-state index contributed by atoms with van der Waals surface area (Å²) in [7, 11) is 1.91. The highest BCUT2D eigenvalue weighted by molar-refractivity contribution is 7.99. The van der Waals surface area contributed by atoms with Crippen LogP contribution in [0.1, 0.15) is 25.5 Å². The number of hydrogen-bond acceptors (Lipinski definition) is 4. The maximum Gasteiger partial charge on any atom is 0.123 e. The molecule has 4 nitrogen and oxygen atoms in total. The van der Waals surface area contributed by atoms with Gasteiger partial charge in [-0.25, -0.2) is 4.98 Å². The Morgan fingerprint density at radius 1 is 1.35 bits per heavy atom. The molecule has 17 heavy (non-hydrogen) atoms. The zero-order valence-electron chi connectivity index (χ0n) is 10.2. The monoisotopic (exact) mass is 248 g/mol. The molecule has 0 amide bonds. The van der Waals surface area contributed by atoms with E-state index >= 15 is 0 Å². The van der Waals surface area contributed by atoms with Gasteiger partial charge in [0.1, 0.15) is 10.1 Å². The first-order chi connectivity index (χ1) is 8.09. The quantitative estimate of drug-likeness (QED) is 0.907. The minimum absolute atomic E-state index is 0.333. The summed E-state index contributed by atoms with van der Waals surface area (Å²) in [5.74, 6) is 0.333. The molecule has 0 saturated carbocycles. The van der Waals surface area contributed by atoms with Crippen LogP contribution < -0.4 is 5.73 Å². The lowest BCUT2D eigenvalue weighted by molar-refractivity contribution is 0.670. The summed E-state index contributed by atoms with van der Waals surface area (Å²) in [4.78, 5) is 4.28. The highest BCUT2D eigenvalue weighted by Crippen LogP contribution is 2.34. The van der Waals surface area contributed by atoms with E-state index in [1.807, 2.05) is 29.9 Å². The Morgan fingerprint density at radius 3 is 2.65 bits per heavy atom. The van der Waals surface area contributed by atoms with Crippen molar-refractivity contribution in [3.05, 3.63) is 30.1 Å². The Hall–Kier alpha value is -1.49. The molecule has 2 aromatic heterocycles. The number of nitrogens with zero attached hydrogens (tertiary/aromatic N) is 3. The number of aromatic nitrogens is 3. The molecular weight excluding hydrogens is 232 g/mol. The van der Waals surface area contributed by atoms with Crippen molar-refractivity contribution in [2.75, 3.05) is 5.73 Å². The van der Waals surface area contributed by atoms with Crippen LogP contribution in [0.4, 0.5) is 5.69 Å². The lowest BCUT2D eigenvalue weighted by Crippen LogP contribution is -1.94. The molecule has 2 rings (SSSR count). The number of hydrogen-bond donors (Lipinski definition) is 1. The van der Waals surface area contributed by atoms with Crippen LogP contribution in [-0.4, -0.2) is 14.8 Å². The summed E-state index contributed by atoms with van der Waals surface area (Å²) in [5, 5.41) is 6.33. The van der Waals surface area contributed by atoms with Gasteiger partial charge in [0.2, 0.25) is 0 Å². The Bertz CT molecular complexity index is 505. The second-order valence-electron chi connectivity index (χ2n) is 4.15. The average molecular weight is 248 g/mol. The first-order valence-electron chi connectivity index (χ1n) is 5.51. The molecule has 2 N–H and O–H groups in total. The number of nitrogen functional groups attached to an aromatic ring is 1. The van der Waals surface area contributed by atoms with Gasteiger partial charge in [0, 0.05) is 13.2 Å². The summed E-state index contributed by atoms with van der Waals surface area (Å²) in [6, 6.07) is 5.83. The van der Waals surface area contributed by atoms with E-state index < -0.39 is 0 Å². The fourth-order valence-corrected chi connectivity index (χ4v) is 2.44. The van der Waals surface area contributed by atoms with Gasteiger partial charge >= 0.3 is 0 Å². The number of rotatable bonds is 3. The van der Waals surface area contributed by atoms with Crippen LogP contribution in [0.5, 0.6) is 0 Å². The lowest BCUT2D eigenvalue weighted by atomic mass is 10.1. The first-order valence-corrected chi connectivity index (χ1v) is 6.32. The highest BCUT2D eigenvalue weighted by atomic mass is 32.2. The van der Waals surface area contributed by atoms with E-state index in [0.717, 1.165) is 21.4 Å². The number of nitrogens with two attached hydrogens (primary N) is 1. The second kappa shape index (κ2) is 4.79. The van der Waals surface area contributed by atoms with Gasteiger partial charge in [-0.1, -0.05) is 19.9 Å². The minimum atomic E-state index is 0.333. The fourth-order valence-electron chi connectivity index (χ4n) is 1.60. The molecule has 2 aromatic rings. The Labute approximate surface area is 105 Å². The smallest absolute Gasteiger partial charge is 0.123 e. The van der Waals surface area contributed by atoms with Crippen LogP contribution in [0.15, 0.2) is 34.4 Å². The summed E-state index contributed by atoms with van der Waals surface area (Å²) in [5.41, 5.74) is 7.83. The van der Waals surface area contributed by atoms with Crippen molar-refractivity contribution >= 4 is 17.4 Å². The second-order valence-corrected chi connectivity index (χ2v) is 5.16. The Kier molecular flexibility index (Phi) is 3.38. The molecule has 0 aliphatic heterocycles. The molecule has 0 aliphatic rings. The number of aryl methyl sites for hydroxylation is 1. The van der Waals surface area contributed by atoms with Crippen molar-refractivity contribution in [1.29, 1.82) is 0 Å². The molecule has 90 valence electrons. The van der Waals surface area contributed by atoms with Crippen molar-refractivity contribution in [1.82, 2.24) is 14.8 Å². The molecule has 0 fully saturated rings. The third-order valence-corrected chi connectivity index (χ3v) is 3.57. The molecule has 0 radical (unpaired) electrons. The molecule has 0 spiro atoms. The van der Waals surface area contributed by atoms with E-state index in [2.05, 4.69) is 23.9 Å². The average Bonchev–Trinajstić information content (AvgIpc) is 2.58. The van der Waals surface area contributed by atoms with E-state index in [1.165, 1.54) is 0 Å². The normalized spacial score (nSPS) is 11.1. The molecule has 0 bridgehead atoms. The maximum atomic E-state index is 6.12. The molecule has 5 heteroatoms. The van der Waals surface area contributed by atoms with Crippen molar-refractivity contribution in [3.63, 3.8) is 0 Å². The highest BCUT2D eigenvalue weighted by Gasteiger charge is 2.16. The van der Waals surface area contributed by atoms with E-state index in [1.54, 1.807) is 18.0 Å². The molecule has 0 aliphatic carbocycles. The number of pyridine rings is 1. The van der Waals surface area contributed by atoms with Gasteiger partial charge in [0.25, 0.3) is 0 Å². The summed E-state index contributed by atoms with van der Waals surface area (Å²) < 4.78 is 1.82. The van der Waals surface area contributed by atoms with E-state index in [-0.39, 0.29) is 0 Å². The summed E-state index contributed by atoms with van der Waals surface area (Å²) >= 11 is 1.54. The Morgan fingerprint density at radius 2 is 2.12 bits per heavy atom. The van der Waals surface area contributed by atoms with Gasteiger partial charge in [0.15, 0.2) is 0 Å². The van der Waals surface area contributed by atoms with Gasteiger partial charge < -0.3 is 5.73 Å². The standard InChI is InChI=1S/C12H16N4S/c1-8(2)11-10(13)12(16(3)15-11)17-9-6-4-5-7-14-9/h4-8H,13H2,1-3H3. The predicted molar refractivity (Wildman–Crippen MR) is 70.1 cm³/mol. The molecule has 0 atom stereocenters. The van der Waals surface area contributed by atoms with Crippen molar-refractivity contribution in [3.8, 4) is 0 Å². The SMILES string of the molecule is CC(C)c1nn(C)c(Sc2ccccn2)c1N. The van der Waals surface area contributed by atoms with Crippen LogP contribution in [0.2, 0.25) is 0 Å². The Balaban J connectivity index is 2.34. The van der Waals surface area contributed by atoms with Gasteiger partial charge in [0.05, 0.1) is 11.4 Å². The zero-order chi connectivity index (χ0) is 12.4. The van der Waals surface area contributed by atoms with Gasteiger partial charge in [-0.15, -0.1) is 0 Å². The third kappa shape index (κ3) is 2.44. The van der Waals surface area contributed by atoms with E-state index in [9.17, 15) is 0 Å².